The number of carboxylic acids is 1. The Morgan fingerprint density at radius 3 is 2.94 bits per heavy atom. The van der Waals surface area contributed by atoms with Gasteiger partial charge in [-0.2, -0.15) is 0 Å². The van der Waals surface area contributed by atoms with Crippen LogP contribution in [0.4, 0.5) is 0 Å². The highest BCUT2D eigenvalue weighted by Gasteiger charge is 2.20. The van der Waals surface area contributed by atoms with Crippen LogP contribution in [0.2, 0.25) is 0 Å². The molecule has 2 atom stereocenters. The van der Waals surface area contributed by atoms with E-state index in [2.05, 4.69) is 17.2 Å². The second-order valence-corrected chi connectivity index (χ2v) is 4.81. The van der Waals surface area contributed by atoms with Gasteiger partial charge in [-0.15, -0.1) is 5.92 Å². The van der Waals surface area contributed by atoms with Gasteiger partial charge in [0.05, 0.1) is 6.04 Å². The lowest BCUT2D eigenvalue weighted by Crippen LogP contribution is -2.43. The topological polar surface area (TPSA) is 75.3 Å². The van der Waals surface area contributed by atoms with E-state index in [0.29, 0.717) is 13.0 Å². The van der Waals surface area contributed by atoms with Gasteiger partial charge in [0.1, 0.15) is 6.04 Å². The summed E-state index contributed by atoms with van der Waals surface area (Å²) in [7, 11) is 0. The van der Waals surface area contributed by atoms with Crippen molar-refractivity contribution < 1.29 is 9.90 Å². The molecule has 0 amide bonds. The van der Waals surface area contributed by atoms with Gasteiger partial charge in [0.25, 0.3) is 0 Å². The fourth-order valence-electron chi connectivity index (χ4n) is 2.14. The number of nitrogens with one attached hydrogen (secondary N) is 1. The van der Waals surface area contributed by atoms with E-state index in [1.807, 2.05) is 0 Å². The second kappa shape index (κ2) is 8.96. The van der Waals surface area contributed by atoms with Crippen molar-refractivity contribution in [3.05, 3.63) is 0 Å². The van der Waals surface area contributed by atoms with Crippen LogP contribution in [0.1, 0.15) is 51.4 Å². The Hall–Kier alpha value is -1.05. The summed E-state index contributed by atoms with van der Waals surface area (Å²) in [6, 6.07) is -0.459. The van der Waals surface area contributed by atoms with Crippen LogP contribution in [0, 0.1) is 11.8 Å². The minimum absolute atomic E-state index is 0.0317. The van der Waals surface area contributed by atoms with Gasteiger partial charge in [0.15, 0.2) is 0 Å². The Morgan fingerprint density at radius 1 is 1.39 bits per heavy atom. The van der Waals surface area contributed by atoms with E-state index in [0.717, 1.165) is 32.1 Å². The molecule has 0 aromatic heterocycles. The van der Waals surface area contributed by atoms with E-state index in [-0.39, 0.29) is 6.04 Å². The average Bonchev–Trinajstić information content (AvgIpc) is 2.30. The predicted octanol–water partition coefficient (Wildman–Crippen LogP) is 1.49. The molecule has 0 aromatic rings. The molecular weight excluding hydrogens is 228 g/mol. The summed E-state index contributed by atoms with van der Waals surface area (Å²) in [5.74, 6) is 5.49. The van der Waals surface area contributed by atoms with Gasteiger partial charge < -0.3 is 10.8 Å². The zero-order chi connectivity index (χ0) is 13.2. The first-order valence-corrected chi connectivity index (χ1v) is 6.91. The molecule has 2 unspecified atom stereocenters. The van der Waals surface area contributed by atoms with Crippen molar-refractivity contribution in [1.29, 1.82) is 0 Å². The third-order valence-electron chi connectivity index (χ3n) is 3.22. The highest BCUT2D eigenvalue weighted by Crippen LogP contribution is 2.10. The van der Waals surface area contributed by atoms with Crippen LogP contribution in [0.25, 0.3) is 0 Å². The SMILES string of the molecule is NCCCCC(NC1C#CCCCCC1)C(=O)O. The lowest BCUT2D eigenvalue weighted by Gasteiger charge is -2.20. The molecule has 0 saturated carbocycles. The van der Waals surface area contributed by atoms with Crippen LogP contribution in [-0.2, 0) is 4.79 Å². The first-order valence-electron chi connectivity index (χ1n) is 6.91. The van der Waals surface area contributed by atoms with Gasteiger partial charge in [-0.3, -0.25) is 10.1 Å². The van der Waals surface area contributed by atoms with E-state index in [1.165, 1.54) is 12.8 Å². The Kier molecular flexibility index (Phi) is 7.47. The number of carbonyl (C=O) groups is 1. The maximum atomic E-state index is 11.2. The summed E-state index contributed by atoms with van der Waals surface area (Å²) >= 11 is 0. The quantitative estimate of drug-likeness (QED) is 0.474. The van der Waals surface area contributed by atoms with E-state index < -0.39 is 12.0 Å². The molecule has 0 saturated heterocycles. The Labute approximate surface area is 109 Å². The molecule has 0 spiro atoms. The molecule has 1 aliphatic rings. The Balaban J connectivity index is 2.44. The predicted molar refractivity (Wildman–Crippen MR) is 72.1 cm³/mol. The molecule has 4 N–H and O–H groups in total. The summed E-state index contributed by atoms with van der Waals surface area (Å²) in [5.41, 5.74) is 5.42. The van der Waals surface area contributed by atoms with Crippen LogP contribution < -0.4 is 11.1 Å². The summed E-state index contributed by atoms with van der Waals surface area (Å²) < 4.78 is 0. The third-order valence-corrected chi connectivity index (χ3v) is 3.22. The number of hydrogen-bond donors (Lipinski definition) is 3. The first kappa shape index (κ1) is 15.0. The molecule has 1 aliphatic carbocycles. The van der Waals surface area contributed by atoms with Crippen LogP contribution in [-0.4, -0.2) is 29.7 Å². The fourth-order valence-corrected chi connectivity index (χ4v) is 2.14. The van der Waals surface area contributed by atoms with Crippen molar-refractivity contribution in [2.24, 2.45) is 5.73 Å². The number of nitrogens with two attached hydrogens (primary N) is 1. The Morgan fingerprint density at radius 2 is 2.22 bits per heavy atom. The summed E-state index contributed by atoms with van der Waals surface area (Å²) in [4.78, 5) is 11.2. The van der Waals surface area contributed by atoms with Crippen molar-refractivity contribution >= 4 is 5.97 Å². The van der Waals surface area contributed by atoms with Crippen molar-refractivity contribution in [3.63, 3.8) is 0 Å². The maximum Gasteiger partial charge on any atom is 0.320 e. The molecule has 1 rings (SSSR count). The smallest absolute Gasteiger partial charge is 0.320 e. The summed E-state index contributed by atoms with van der Waals surface area (Å²) in [6.07, 6.45) is 7.72. The zero-order valence-corrected chi connectivity index (χ0v) is 11.0. The minimum atomic E-state index is -0.782. The lowest BCUT2D eigenvalue weighted by molar-refractivity contribution is -0.139. The number of carboxylic acid groups (broad SMARTS) is 1. The second-order valence-electron chi connectivity index (χ2n) is 4.81. The van der Waals surface area contributed by atoms with E-state index in [1.54, 1.807) is 0 Å². The number of aliphatic carboxylic acids is 1. The van der Waals surface area contributed by atoms with Gasteiger partial charge in [-0.1, -0.05) is 25.2 Å². The third kappa shape index (κ3) is 6.04. The van der Waals surface area contributed by atoms with Gasteiger partial charge >= 0.3 is 5.97 Å². The van der Waals surface area contributed by atoms with E-state index in [9.17, 15) is 9.90 Å². The summed E-state index contributed by atoms with van der Waals surface area (Å²) in [5, 5.41) is 12.4. The normalized spacial score (nSPS) is 21.3. The number of rotatable bonds is 7. The van der Waals surface area contributed by atoms with Crippen molar-refractivity contribution in [1.82, 2.24) is 5.32 Å². The van der Waals surface area contributed by atoms with Crippen LogP contribution in [0.15, 0.2) is 0 Å². The Bertz CT molecular complexity index is 307. The van der Waals surface area contributed by atoms with Crippen LogP contribution in [0.3, 0.4) is 0 Å². The molecule has 0 aliphatic heterocycles. The number of hydrogen-bond acceptors (Lipinski definition) is 3. The van der Waals surface area contributed by atoms with Crippen molar-refractivity contribution in [2.45, 2.75) is 63.5 Å². The van der Waals surface area contributed by atoms with Gasteiger partial charge in [-0.05, 0) is 32.2 Å². The monoisotopic (exact) mass is 252 g/mol. The molecule has 0 radical (unpaired) electrons. The van der Waals surface area contributed by atoms with E-state index in [4.69, 9.17) is 5.73 Å². The average molecular weight is 252 g/mol. The molecule has 0 fully saturated rings. The van der Waals surface area contributed by atoms with Crippen LogP contribution >= 0.6 is 0 Å². The van der Waals surface area contributed by atoms with Crippen molar-refractivity contribution in [3.8, 4) is 11.8 Å². The molecule has 4 heteroatoms. The van der Waals surface area contributed by atoms with Gasteiger partial charge in [0.2, 0.25) is 0 Å². The molecule has 18 heavy (non-hydrogen) atoms. The first-order chi connectivity index (χ1) is 8.74. The number of unbranched alkanes of at least 4 members (excludes halogenated alkanes) is 1. The molecule has 102 valence electrons. The zero-order valence-electron chi connectivity index (χ0n) is 11.0. The molecule has 0 aromatic carbocycles. The highest BCUT2D eigenvalue weighted by molar-refractivity contribution is 5.73. The van der Waals surface area contributed by atoms with Gasteiger partial charge in [0, 0.05) is 6.42 Å². The van der Waals surface area contributed by atoms with Gasteiger partial charge in [-0.25, -0.2) is 0 Å². The minimum Gasteiger partial charge on any atom is -0.480 e. The largest absolute Gasteiger partial charge is 0.480 e. The fraction of sp³-hybridized carbons (Fsp3) is 0.786. The highest BCUT2D eigenvalue weighted by atomic mass is 16.4. The molecular formula is C14H24N2O2. The molecule has 0 heterocycles. The van der Waals surface area contributed by atoms with Crippen molar-refractivity contribution in [2.75, 3.05) is 6.54 Å². The molecule has 4 nitrogen and oxygen atoms in total. The standard InChI is InChI=1S/C14H24N2O2/c15-11-7-6-10-13(14(17)18)16-12-8-4-2-1-3-5-9-12/h12-13,16H,1-4,6-8,10-11,15H2,(H,17,18). The summed E-state index contributed by atoms with van der Waals surface area (Å²) in [6.45, 7) is 0.621. The van der Waals surface area contributed by atoms with E-state index >= 15 is 0 Å². The maximum absolute atomic E-state index is 11.2. The lowest BCUT2D eigenvalue weighted by atomic mass is 10.0. The van der Waals surface area contributed by atoms with Crippen LogP contribution in [0.5, 0.6) is 0 Å². The molecule has 0 bridgehead atoms.